The number of rotatable bonds is 4. The lowest BCUT2D eigenvalue weighted by atomic mass is 9.96. The van der Waals surface area contributed by atoms with Crippen LogP contribution in [0.25, 0.3) is 5.69 Å². The summed E-state index contributed by atoms with van der Waals surface area (Å²) in [5.41, 5.74) is 2.48. The van der Waals surface area contributed by atoms with Gasteiger partial charge in [0.15, 0.2) is 0 Å². The molecule has 128 valence electrons. The summed E-state index contributed by atoms with van der Waals surface area (Å²) in [6, 6.07) is 12.8. The van der Waals surface area contributed by atoms with Gasteiger partial charge in [-0.1, -0.05) is 18.2 Å². The Bertz CT molecular complexity index is 938. The molecule has 3 heterocycles. The smallest absolute Gasteiger partial charge is 0.221 e. The van der Waals surface area contributed by atoms with Crippen molar-refractivity contribution in [3.8, 4) is 5.69 Å². The van der Waals surface area contributed by atoms with Crippen LogP contribution in [0.1, 0.15) is 29.3 Å². The second-order valence-corrected chi connectivity index (χ2v) is 8.16. The Morgan fingerprint density at radius 3 is 2.76 bits per heavy atom. The number of hydrogen-bond donors (Lipinski definition) is 0. The van der Waals surface area contributed by atoms with Gasteiger partial charge in [0, 0.05) is 17.5 Å². The van der Waals surface area contributed by atoms with E-state index >= 15 is 0 Å². The molecule has 0 amide bonds. The predicted octanol–water partition coefficient (Wildman–Crippen LogP) is 3.83. The van der Waals surface area contributed by atoms with Gasteiger partial charge in [0.25, 0.3) is 0 Å². The molecular formula is C18H19N5S2. The van der Waals surface area contributed by atoms with Crippen LogP contribution in [0.15, 0.2) is 41.8 Å². The molecule has 2 aliphatic rings. The molecule has 3 aromatic rings. The van der Waals surface area contributed by atoms with E-state index in [0.717, 1.165) is 24.6 Å². The van der Waals surface area contributed by atoms with E-state index in [9.17, 15) is 0 Å². The molecule has 1 aliphatic carbocycles. The minimum absolute atomic E-state index is 0.513. The van der Waals surface area contributed by atoms with Crippen molar-refractivity contribution in [2.24, 2.45) is 5.92 Å². The third-order valence-corrected chi connectivity index (χ3v) is 6.52. The minimum Gasteiger partial charge on any atom is -0.276 e. The fourth-order valence-corrected chi connectivity index (χ4v) is 4.94. The monoisotopic (exact) mass is 369 g/mol. The maximum absolute atomic E-state index is 5.63. The Morgan fingerprint density at radius 2 is 1.96 bits per heavy atom. The number of fused-ring (bicyclic) bond motifs is 1. The van der Waals surface area contributed by atoms with Crippen LogP contribution in [0.2, 0.25) is 0 Å². The number of hydrogen-bond acceptors (Lipinski definition) is 5. The number of thiophene rings is 1. The summed E-state index contributed by atoms with van der Waals surface area (Å²) in [6.07, 6.45) is 3.79. The molecule has 0 unspecified atom stereocenters. The summed E-state index contributed by atoms with van der Waals surface area (Å²) in [5, 5.41) is 10.8. The molecule has 0 bridgehead atoms. The van der Waals surface area contributed by atoms with E-state index in [-0.39, 0.29) is 0 Å². The first kappa shape index (κ1) is 15.4. The van der Waals surface area contributed by atoms with Crippen molar-refractivity contribution in [3.05, 3.63) is 57.0 Å². The van der Waals surface area contributed by atoms with Crippen molar-refractivity contribution in [1.29, 1.82) is 0 Å². The molecule has 1 atom stereocenters. The molecule has 1 aromatic carbocycles. The number of para-hydroxylation sites is 1. The van der Waals surface area contributed by atoms with Crippen LogP contribution in [0.4, 0.5) is 0 Å². The number of nitrogens with zero attached hydrogens (tertiary/aromatic N) is 5. The van der Waals surface area contributed by atoms with Gasteiger partial charge in [-0.2, -0.15) is 4.68 Å². The second-order valence-electron chi connectivity index (χ2n) is 6.79. The zero-order valence-corrected chi connectivity index (χ0v) is 15.4. The van der Waals surface area contributed by atoms with Gasteiger partial charge in [-0.25, -0.2) is 4.68 Å². The Labute approximate surface area is 155 Å². The van der Waals surface area contributed by atoms with Crippen LogP contribution < -0.4 is 0 Å². The Kier molecular flexibility index (Phi) is 3.80. The maximum atomic E-state index is 5.63. The summed E-state index contributed by atoms with van der Waals surface area (Å²) in [4.78, 5) is 4.09. The van der Waals surface area contributed by atoms with Gasteiger partial charge in [0.1, 0.15) is 0 Å². The molecule has 1 saturated carbocycles. The summed E-state index contributed by atoms with van der Waals surface area (Å²) < 4.78 is 4.24. The largest absolute Gasteiger partial charge is 0.276 e. The van der Waals surface area contributed by atoms with Crippen molar-refractivity contribution in [1.82, 2.24) is 24.7 Å². The SMILES string of the molecule is S=c1n(CN2CCc3sccc3[C@H]2C2CC2)nnn1-c1ccccc1. The lowest BCUT2D eigenvalue weighted by Crippen LogP contribution is -2.37. The molecule has 1 fully saturated rings. The summed E-state index contributed by atoms with van der Waals surface area (Å²) in [7, 11) is 0. The molecule has 2 aromatic heterocycles. The van der Waals surface area contributed by atoms with Crippen LogP contribution in [0.5, 0.6) is 0 Å². The normalized spacial score (nSPS) is 20.6. The lowest BCUT2D eigenvalue weighted by molar-refractivity contribution is 0.116. The van der Waals surface area contributed by atoms with E-state index in [4.69, 9.17) is 12.2 Å². The lowest BCUT2D eigenvalue weighted by Gasteiger charge is -2.35. The molecular weight excluding hydrogens is 350 g/mol. The fraction of sp³-hybridized carbons (Fsp3) is 0.389. The molecule has 5 rings (SSSR count). The number of tetrazole rings is 1. The van der Waals surface area contributed by atoms with Crippen molar-refractivity contribution in [2.75, 3.05) is 6.54 Å². The van der Waals surface area contributed by atoms with Gasteiger partial charge in [-0.05, 0) is 77.0 Å². The highest BCUT2D eigenvalue weighted by Crippen LogP contribution is 2.48. The Morgan fingerprint density at radius 1 is 1.12 bits per heavy atom. The van der Waals surface area contributed by atoms with E-state index in [0.29, 0.717) is 17.5 Å². The van der Waals surface area contributed by atoms with E-state index < -0.39 is 0 Å². The first-order chi connectivity index (χ1) is 12.3. The molecule has 7 heteroatoms. The van der Waals surface area contributed by atoms with Crippen molar-refractivity contribution >= 4 is 23.6 Å². The van der Waals surface area contributed by atoms with Gasteiger partial charge in [0.2, 0.25) is 4.77 Å². The second kappa shape index (κ2) is 6.16. The van der Waals surface area contributed by atoms with Crippen LogP contribution in [0.3, 0.4) is 0 Å². The van der Waals surface area contributed by atoms with Crippen molar-refractivity contribution < 1.29 is 0 Å². The Hall–Kier alpha value is -1.83. The molecule has 0 saturated heterocycles. The quantitative estimate of drug-likeness (QED) is 0.655. The first-order valence-corrected chi connectivity index (χ1v) is 9.98. The highest BCUT2D eigenvalue weighted by atomic mass is 32.1. The molecule has 0 radical (unpaired) electrons. The highest BCUT2D eigenvalue weighted by molar-refractivity contribution is 7.71. The summed E-state index contributed by atoms with van der Waals surface area (Å²) in [5.74, 6) is 0.784. The van der Waals surface area contributed by atoms with Crippen molar-refractivity contribution in [2.45, 2.75) is 32.0 Å². The highest BCUT2D eigenvalue weighted by Gasteiger charge is 2.40. The van der Waals surface area contributed by atoms with Crippen LogP contribution >= 0.6 is 23.6 Å². The zero-order chi connectivity index (χ0) is 16.8. The predicted molar refractivity (Wildman–Crippen MR) is 100 cm³/mol. The molecule has 5 nitrogen and oxygen atoms in total. The molecule has 25 heavy (non-hydrogen) atoms. The van der Waals surface area contributed by atoms with E-state index in [1.165, 1.54) is 18.4 Å². The van der Waals surface area contributed by atoms with Gasteiger partial charge in [-0.15, -0.1) is 11.3 Å². The van der Waals surface area contributed by atoms with Crippen LogP contribution in [-0.2, 0) is 13.1 Å². The average Bonchev–Trinajstić information content (AvgIpc) is 3.25. The van der Waals surface area contributed by atoms with E-state index in [1.807, 2.05) is 46.4 Å². The summed E-state index contributed by atoms with van der Waals surface area (Å²) in [6.45, 7) is 1.77. The van der Waals surface area contributed by atoms with Gasteiger partial charge in [-0.3, -0.25) is 4.90 Å². The molecule has 0 spiro atoms. The summed E-state index contributed by atoms with van der Waals surface area (Å²) >= 11 is 7.53. The van der Waals surface area contributed by atoms with E-state index in [1.54, 1.807) is 9.56 Å². The van der Waals surface area contributed by atoms with Gasteiger partial charge >= 0.3 is 0 Å². The van der Waals surface area contributed by atoms with Gasteiger partial charge in [0.05, 0.1) is 12.4 Å². The number of benzene rings is 1. The fourth-order valence-electron chi connectivity index (χ4n) is 3.79. The zero-order valence-electron chi connectivity index (χ0n) is 13.8. The van der Waals surface area contributed by atoms with Crippen LogP contribution in [-0.4, -0.2) is 31.2 Å². The van der Waals surface area contributed by atoms with E-state index in [2.05, 4.69) is 26.8 Å². The van der Waals surface area contributed by atoms with Gasteiger partial charge < -0.3 is 0 Å². The third-order valence-electron chi connectivity index (χ3n) is 5.14. The van der Waals surface area contributed by atoms with Crippen LogP contribution in [0, 0.1) is 10.7 Å². The Balaban J connectivity index is 1.44. The molecule has 1 aliphatic heterocycles. The van der Waals surface area contributed by atoms with Crippen molar-refractivity contribution in [3.63, 3.8) is 0 Å². The third kappa shape index (κ3) is 2.76. The standard InChI is InChI=1S/C18H19N5S2/c24-18-22(19-20-23(18)14-4-2-1-3-5-14)12-21-10-8-16-15(9-11-25-16)17(21)13-6-7-13/h1-5,9,11,13,17H,6-8,10,12H2/t17-/m1/s1. The topological polar surface area (TPSA) is 38.9 Å². The minimum atomic E-state index is 0.513. The molecule has 0 N–H and O–H groups in total. The maximum Gasteiger partial charge on any atom is 0.221 e. The number of aromatic nitrogens is 4. The first-order valence-electron chi connectivity index (χ1n) is 8.70. The average molecular weight is 370 g/mol.